The average molecular weight is 205 g/mol. The molecule has 0 amide bonds. The van der Waals surface area contributed by atoms with Crippen molar-refractivity contribution in [2.75, 3.05) is 20.2 Å². The lowest BCUT2D eigenvalue weighted by atomic mass is 10.2. The first-order valence-electron chi connectivity index (χ1n) is 5.38. The van der Waals surface area contributed by atoms with Gasteiger partial charge in [-0.1, -0.05) is 12.1 Å². The quantitative estimate of drug-likeness (QED) is 0.800. The summed E-state index contributed by atoms with van der Waals surface area (Å²) in [6.07, 6.45) is 1.18. The fourth-order valence-corrected chi connectivity index (χ4v) is 1.76. The second kappa shape index (κ2) is 5.14. The van der Waals surface area contributed by atoms with Crippen LogP contribution in [0.5, 0.6) is 5.75 Å². The predicted molar refractivity (Wildman–Crippen MR) is 60.1 cm³/mol. The maximum absolute atomic E-state index is 5.11. The summed E-state index contributed by atoms with van der Waals surface area (Å²) in [5.41, 5.74) is 1.29. The molecule has 1 aliphatic heterocycles. The number of hydrogen-bond acceptors (Lipinski definition) is 2. The minimum Gasteiger partial charge on any atom is -0.497 e. The highest BCUT2D eigenvalue weighted by Crippen LogP contribution is 2.11. The number of nitrogens with zero attached hydrogens (tertiary/aromatic N) is 1. The van der Waals surface area contributed by atoms with E-state index in [4.69, 9.17) is 4.74 Å². The van der Waals surface area contributed by atoms with Gasteiger partial charge in [0.25, 0.3) is 0 Å². The van der Waals surface area contributed by atoms with Crippen LogP contribution in [0.1, 0.15) is 12.0 Å². The Bertz CT molecular complexity index is 291. The Balaban J connectivity index is 1.82. The Morgan fingerprint density at radius 1 is 1.40 bits per heavy atom. The third-order valence-electron chi connectivity index (χ3n) is 2.74. The van der Waals surface area contributed by atoms with Crippen LogP contribution in [-0.2, 0) is 6.54 Å². The van der Waals surface area contributed by atoms with Gasteiger partial charge in [-0.25, -0.2) is 5.32 Å². The Hall–Kier alpha value is -1.06. The Kier molecular flexibility index (Phi) is 3.59. The summed E-state index contributed by atoms with van der Waals surface area (Å²) in [6.45, 7) is 2.90. The highest BCUT2D eigenvalue weighted by atomic mass is 16.5. The molecular weight excluding hydrogens is 188 g/mol. The zero-order chi connectivity index (χ0) is 10.5. The van der Waals surface area contributed by atoms with E-state index in [2.05, 4.69) is 22.8 Å². The molecule has 1 aromatic rings. The Morgan fingerprint density at radius 3 is 2.80 bits per heavy atom. The van der Waals surface area contributed by atoms with Gasteiger partial charge in [-0.2, -0.15) is 0 Å². The van der Waals surface area contributed by atoms with Crippen molar-refractivity contribution in [3.8, 4) is 5.75 Å². The lowest BCUT2D eigenvalue weighted by Gasteiger charge is -2.10. The van der Waals surface area contributed by atoms with Crippen LogP contribution in [0.3, 0.4) is 0 Å². The summed E-state index contributed by atoms with van der Waals surface area (Å²) in [4.78, 5) is 0. The van der Waals surface area contributed by atoms with Crippen molar-refractivity contribution in [3.05, 3.63) is 29.8 Å². The summed E-state index contributed by atoms with van der Waals surface area (Å²) in [6, 6.07) is 8.76. The van der Waals surface area contributed by atoms with E-state index in [1.165, 1.54) is 12.0 Å². The molecule has 1 aliphatic rings. The fourth-order valence-electron chi connectivity index (χ4n) is 1.76. The molecule has 1 radical (unpaired) electrons. The SMILES string of the molecule is COc1ccc(CNC2CC[N]C2)cc1. The van der Waals surface area contributed by atoms with Gasteiger partial charge in [-0.05, 0) is 24.1 Å². The van der Waals surface area contributed by atoms with Gasteiger partial charge in [0.2, 0.25) is 0 Å². The van der Waals surface area contributed by atoms with Crippen LogP contribution < -0.4 is 15.4 Å². The van der Waals surface area contributed by atoms with Crippen molar-refractivity contribution in [1.82, 2.24) is 10.6 Å². The summed E-state index contributed by atoms with van der Waals surface area (Å²) in [5, 5.41) is 7.82. The molecule has 2 rings (SSSR count). The standard InChI is InChI=1S/C12H17N2O/c1-15-12-4-2-10(3-5-12)8-14-11-6-7-13-9-11/h2-5,11,14H,6-9H2,1H3. The van der Waals surface area contributed by atoms with Crippen molar-refractivity contribution in [3.63, 3.8) is 0 Å². The third-order valence-corrected chi connectivity index (χ3v) is 2.74. The normalized spacial score (nSPS) is 20.5. The monoisotopic (exact) mass is 205 g/mol. The van der Waals surface area contributed by atoms with E-state index in [1.807, 2.05) is 12.1 Å². The first-order valence-corrected chi connectivity index (χ1v) is 5.38. The van der Waals surface area contributed by atoms with Crippen LogP contribution in [0, 0.1) is 0 Å². The van der Waals surface area contributed by atoms with E-state index in [0.29, 0.717) is 6.04 Å². The summed E-state index contributed by atoms with van der Waals surface area (Å²) < 4.78 is 5.11. The fraction of sp³-hybridized carbons (Fsp3) is 0.500. The van der Waals surface area contributed by atoms with Gasteiger partial charge in [0.1, 0.15) is 5.75 Å². The van der Waals surface area contributed by atoms with E-state index in [-0.39, 0.29) is 0 Å². The van der Waals surface area contributed by atoms with Gasteiger partial charge in [0.05, 0.1) is 7.11 Å². The van der Waals surface area contributed by atoms with Crippen LogP contribution in [0.4, 0.5) is 0 Å². The highest BCUT2D eigenvalue weighted by Gasteiger charge is 2.13. The lowest BCUT2D eigenvalue weighted by Crippen LogP contribution is -2.29. The molecule has 0 saturated carbocycles. The van der Waals surface area contributed by atoms with E-state index in [1.54, 1.807) is 7.11 Å². The summed E-state index contributed by atoms with van der Waals surface area (Å²) in [7, 11) is 1.69. The minimum atomic E-state index is 0.576. The third kappa shape index (κ3) is 2.94. The smallest absolute Gasteiger partial charge is 0.118 e. The number of benzene rings is 1. The maximum Gasteiger partial charge on any atom is 0.118 e. The van der Waals surface area contributed by atoms with Crippen molar-refractivity contribution in [1.29, 1.82) is 0 Å². The highest BCUT2D eigenvalue weighted by molar-refractivity contribution is 5.27. The molecule has 1 aromatic carbocycles. The zero-order valence-electron chi connectivity index (χ0n) is 9.07. The molecule has 81 valence electrons. The van der Waals surface area contributed by atoms with Crippen LogP contribution in [0.15, 0.2) is 24.3 Å². The van der Waals surface area contributed by atoms with Crippen LogP contribution in [0.25, 0.3) is 0 Å². The average Bonchev–Trinajstić information content (AvgIpc) is 2.80. The molecule has 1 atom stereocenters. The van der Waals surface area contributed by atoms with Gasteiger partial charge >= 0.3 is 0 Å². The molecule has 3 heteroatoms. The predicted octanol–water partition coefficient (Wildman–Crippen LogP) is 1.16. The van der Waals surface area contributed by atoms with E-state index in [0.717, 1.165) is 25.4 Å². The van der Waals surface area contributed by atoms with Crippen molar-refractivity contribution < 1.29 is 4.74 Å². The number of methoxy groups -OCH3 is 1. The number of hydrogen-bond donors (Lipinski definition) is 1. The Morgan fingerprint density at radius 2 is 2.20 bits per heavy atom. The largest absolute Gasteiger partial charge is 0.497 e. The van der Waals surface area contributed by atoms with Crippen LogP contribution in [-0.4, -0.2) is 26.2 Å². The first kappa shape index (κ1) is 10.5. The summed E-state index contributed by atoms with van der Waals surface area (Å²) >= 11 is 0. The second-order valence-corrected chi connectivity index (χ2v) is 3.84. The molecule has 0 aromatic heterocycles. The molecule has 1 unspecified atom stereocenters. The van der Waals surface area contributed by atoms with Crippen molar-refractivity contribution >= 4 is 0 Å². The van der Waals surface area contributed by atoms with Crippen LogP contribution >= 0.6 is 0 Å². The summed E-state index contributed by atoms with van der Waals surface area (Å²) in [5.74, 6) is 0.912. The molecule has 1 saturated heterocycles. The van der Waals surface area contributed by atoms with Crippen molar-refractivity contribution in [2.45, 2.75) is 19.0 Å². The minimum absolute atomic E-state index is 0.576. The Labute approximate surface area is 90.8 Å². The van der Waals surface area contributed by atoms with Gasteiger partial charge in [0, 0.05) is 25.7 Å². The first-order chi connectivity index (χ1) is 7.38. The zero-order valence-corrected chi connectivity index (χ0v) is 9.07. The number of nitrogens with one attached hydrogen (secondary N) is 1. The molecule has 0 spiro atoms. The molecule has 3 nitrogen and oxygen atoms in total. The van der Waals surface area contributed by atoms with E-state index in [9.17, 15) is 0 Å². The second-order valence-electron chi connectivity index (χ2n) is 3.84. The van der Waals surface area contributed by atoms with E-state index >= 15 is 0 Å². The molecule has 15 heavy (non-hydrogen) atoms. The molecule has 1 fully saturated rings. The number of rotatable bonds is 4. The van der Waals surface area contributed by atoms with E-state index < -0.39 is 0 Å². The number of ether oxygens (including phenoxy) is 1. The molecule has 1 N–H and O–H groups in total. The molecule has 0 bridgehead atoms. The van der Waals surface area contributed by atoms with Gasteiger partial charge in [0.15, 0.2) is 0 Å². The molecular formula is C12H17N2O. The van der Waals surface area contributed by atoms with Crippen LogP contribution in [0.2, 0.25) is 0 Å². The lowest BCUT2D eigenvalue weighted by molar-refractivity contribution is 0.414. The maximum atomic E-state index is 5.11. The molecule has 0 aliphatic carbocycles. The van der Waals surface area contributed by atoms with Gasteiger partial charge < -0.3 is 10.1 Å². The topological polar surface area (TPSA) is 35.4 Å². The molecule has 1 heterocycles. The van der Waals surface area contributed by atoms with Gasteiger partial charge in [-0.15, -0.1) is 0 Å². The van der Waals surface area contributed by atoms with Gasteiger partial charge in [-0.3, -0.25) is 0 Å². The van der Waals surface area contributed by atoms with Crippen molar-refractivity contribution in [2.24, 2.45) is 0 Å².